The van der Waals surface area contributed by atoms with Gasteiger partial charge in [0.1, 0.15) is 0 Å². The van der Waals surface area contributed by atoms with Gasteiger partial charge in [-0.05, 0) is 34.2 Å². The van der Waals surface area contributed by atoms with Crippen LogP contribution >= 0.6 is 0 Å². The van der Waals surface area contributed by atoms with Crippen LogP contribution in [0, 0.1) is 0 Å². The van der Waals surface area contributed by atoms with Crippen LogP contribution in [0.5, 0.6) is 0 Å². The highest BCUT2D eigenvalue weighted by Crippen LogP contribution is 2.16. The molecular formula is C11H19N3O. The van der Waals surface area contributed by atoms with E-state index in [1.807, 2.05) is 20.8 Å². The predicted octanol–water partition coefficient (Wildman–Crippen LogP) is 0.919. The number of H-pyrrole nitrogens is 1. The summed E-state index contributed by atoms with van der Waals surface area (Å²) in [7, 11) is 2.08. The van der Waals surface area contributed by atoms with Crippen molar-refractivity contribution in [2.24, 2.45) is 0 Å². The van der Waals surface area contributed by atoms with Crippen molar-refractivity contribution < 1.29 is 0 Å². The largest absolute Gasteiger partial charge is 0.300 e. The lowest BCUT2D eigenvalue weighted by atomic mass is 10.1. The molecule has 0 aromatic carbocycles. The molecule has 0 fully saturated rings. The molecule has 0 saturated carbocycles. The number of aromatic amines is 1. The van der Waals surface area contributed by atoms with E-state index in [1.165, 1.54) is 0 Å². The maximum atomic E-state index is 12.1. The third-order valence-electron chi connectivity index (χ3n) is 2.91. The van der Waals surface area contributed by atoms with Crippen molar-refractivity contribution >= 4 is 0 Å². The molecule has 1 aromatic heterocycles. The first-order chi connectivity index (χ1) is 6.89. The molecule has 4 nitrogen and oxygen atoms in total. The number of likely N-dealkylation sites (N-methyl/N-ethyl adjacent to an activating group) is 1. The SMILES string of the molecule is CN1CCc2c([nH]n(C(C)(C)C)c2=O)C1. The van der Waals surface area contributed by atoms with E-state index < -0.39 is 0 Å². The molecule has 2 heterocycles. The first-order valence-electron chi connectivity index (χ1n) is 5.41. The Kier molecular flexibility index (Phi) is 2.26. The number of hydrogen-bond acceptors (Lipinski definition) is 2. The monoisotopic (exact) mass is 209 g/mol. The zero-order chi connectivity index (χ0) is 11.2. The molecule has 0 spiro atoms. The van der Waals surface area contributed by atoms with Gasteiger partial charge in [0.05, 0.1) is 11.2 Å². The fourth-order valence-electron chi connectivity index (χ4n) is 2.03. The van der Waals surface area contributed by atoms with Crippen molar-refractivity contribution in [2.45, 2.75) is 39.3 Å². The van der Waals surface area contributed by atoms with Gasteiger partial charge in [0.2, 0.25) is 0 Å². The molecule has 0 unspecified atom stereocenters. The summed E-state index contributed by atoms with van der Waals surface area (Å²) in [6, 6.07) is 0. The summed E-state index contributed by atoms with van der Waals surface area (Å²) in [5.74, 6) is 0. The standard InChI is InChI=1S/C11H19N3O/c1-11(2,3)14-10(15)8-5-6-13(4)7-9(8)12-14/h12H,5-7H2,1-4H3. The minimum absolute atomic E-state index is 0.158. The van der Waals surface area contributed by atoms with E-state index in [2.05, 4.69) is 17.0 Å². The Hall–Kier alpha value is -1.03. The molecule has 0 radical (unpaired) electrons. The molecule has 0 saturated heterocycles. The van der Waals surface area contributed by atoms with E-state index in [4.69, 9.17) is 0 Å². The molecule has 15 heavy (non-hydrogen) atoms. The highest BCUT2D eigenvalue weighted by molar-refractivity contribution is 5.20. The number of aromatic nitrogens is 2. The van der Waals surface area contributed by atoms with Gasteiger partial charge in [-0.25, -0.2) is 4.68 Å². The number of nitrogens with one attached hydrogen (secondary N) is 1. The van der Waals surface area contributed by atoms with Crippen LogP contribution in [0.1, 0.15) is 32.0 Å². The van der Waals surface area contributed by atoms with Crippen LogP contribution in [0.2, 0.25) is 0 Å². The number of hydrogen-bond donors (Lipinski definition) is 1. The minimum atomic E-state index is -0.160. The number of nitrogens with zero attached hydrogens (tertiary/aromatic N) is 2. The van der Waals surface area contributed by atoms with E-state index in [9.17, 15) is 4.79 Å². The topological polar surface area (TPSA) is 41.0 Å². The first-order valence-corrected chi connectivity index (χ1v) is 5.41. The Morgan fingerprint density at radius 1 is 1.33 bits per heavy atom. The van der Waals surface area contributed by atoms with Gasteiger partial charge in [-0.2, -0.15) is 0 Å². The molecule has 1 aliphatic heterocycles. The van der Waals surface area contributed by atoms with Crippen LogP contribution in [-0.4, -0.2) is 28.3 Å². The molecule has 0 atom stereocenters. The second kappa shape index (κ2) is 3.23. The maximum Gasteiger partial charge on any atom is 0.270 e. The van der Waals surface area contributed by atoms with E-state index >= 15 is 0 Å². The molecule has 84 valence electrons. The number of rotatable bonds is 0. The van der Waals surface area contributed by atoms with Crippen LogP contribution < -0.4 is 5.56 Å². The molecule has 0 aliphatic carbocycles. The van der Waals surface area contributed by atoms with Gasteiger partial charge in [0, 0.05) is 18.7 Å². The average molecular weight is 209 g/mol. The zero-order valence-electron chi connectivity index (χ0n) is 9.92. The van der Waals surface area contributed by atoms with Crippen molar-refractivity contribution in [2.75, 3.05) is 13.6 Å². The van der Waals surface area contributed by atoms with Crippen LogP contribution in [0.15, 0.2) is 4.79 Å². The minimum Gasteiger partial charge on any atom is -0.300 e. The maximum absolute atomic E-state index is 12.1. The summed E-state index contributed by atoms with van der Waals surface area (Å²) in [6.07, 6.45) is 0.865. The second-order valence-electron chi connectivity index (χ2n) is 5.37. The van der Waals surface area contributed by atoms with Crippen molar-refractivity contribution in [1.29, 1.82) is 0 Å². The van der Waals surface area contributed by atoms with Gasteiger partial charge < -0.3 is 4.90 Å². The third kappa shape index (κ3) is 1.74. The molecule has 1 aromatic rings. The Bertz CT molecular complexity index is 422. The predicted molar refractivity (Wildman–Crippen MR) is 60.1 cm³/mol. The average Bonchev–Trinajstić information content (AvgIpc) is 2.42. The zero-order valence-corrected chi connectivity index (χ0v) is 9.92. The summed E-state index contributed by atoms with van der Waals surface area (Å²) in [6.45, 7) is 7.96. The van der Waals surface area contributed by atoms with Crippen molar-refractivity contribution in [3.05, 3.63) is 21.6 Å². The van der Waals surface area contributed by atoms with Gasteiger partial charge in [0.25, 0.3) is 5.56 Å². The van der Waals surface area contributed by atoms with Gasteiger partial charge in [-0.3, -0.25) is 9.89 Å². The van der Waals surface area contributed by atoms with Crippen LogP contribution in [-0.2, 0) is 18.5 Å². The summed E-state index contributed by atoms with van der Waals surface area (Å²) in [4.78, 5) is 14.3. The van der Waals surface area contributed by atoms with Gasteiger partial charge in [-0.15, -0.1) is 0 Å². The molecule has 0 amide bonds. The van der Waals surface area contributed by atoms with Crippen molar-refractivity contribution in [3.8, 4) is 0 Å². The van der Waals surface area contributed by atoms with E-state index in [0.29, 0.717) is 0 Å². The number of fused-ring (bicyclic) bond motifs is 1. The van der Waals surface area contributed by atoms with Crippen LogP contribution in [0.25, 0.3) is 0 Å². The van der Waals surface area contributed by atoms with E-state index in [0.717, 1.165) is 30.8 Å². The molecule has 1 aliphatic rings. The van der Waals surface area contributed by atoms with Crippen LogP contribution in [0.4, 0.5) is 0 Å². The van der Waals surface area contributed by atoms with E-state index in [-0.39, 0.29) is 11.1 Å². The van der Waals surface area contributed by atoms with E-state index in [1.54, 1.807) is 4.68 Å². The quantitative estimate of drug-likeness (QED) is 0.690. The Labute approximate surface area is 89.9 Å². The summed E-state index contributed by atoms with van der Waals surface area (Å²) in [5.41, 5.74) is 2.06. The fraction of sp³-hybridized carbons (Fsp3) is 0.727. The van der Waals surface area contributed by atoms with Crippen molar-refractivity contribution in [3.63, 3.8) is 0 Å². The van der Waals surface area contributed by atoms with Crippen molar-refractivity contribution in [1.82, 2.24) is 14.7 Å². The highest BCUT2D eigenvalue weighted by atomic mass is 16.1. The fourth-order valence-corrected chi connectivity index (χ4v) is 2.03. The molecule has 2 rings (SSSR count). The highest BCUT2D eigenvalue weighted by Gasteiger charge is 2.24. The summed E-state index contributed by atoms with van der Waals surface area (Å²) in [5, 5.41) is 3.23. The summed E-state index contributed by atoms with van der Waals surface area (Å²) < 4.78 is 1.75. The van der Waals surface area contributed by atoms with Gasteiger partial charge >= 0.3 is 0 Å². The smallest absolute Gasteiger partial charge is 0.270 e. The lowest BCUT2D eigenvalue weighted by Gasteiger charge is -2.21. The van der Waals surface area contributed by atoms with Gasteiger partial charge in [0.15, 0.2) is 0 Å². The molecule has 0 bridgehead atoms. The lowest BCUT2D eigenvalue weighted by Crippen LogP contribution is -2.34. The summed E-state index contributed by atoms with van der Waals surface area (Å²) >= 11 is 0. The Morgan fingerprint density at radius 2 is 2.00 bits per heavy atom. The Balaban J connectivity index is 2.50. The molecular weight excluding hydrogens is 190 g/mol. The molecule has 4 heteroatoms. The van der Waals surface area contributed by atoms with Crippen LogP contribution in [0.3, 0.4) is 0 Å². The normalized spacial score (nSPS) is 17.9. The second-order valence-corrected chi connectivity index (χ2v) is 5.37. The molecule has 1 N–H and O–H groups in total. The third-order valence-corrected chi connectivity index (χ3v) is 2.91. The Morgan fingerprint density at radius 3 is 2.60 bits per heavy atom. The first kappa shape index (κ1) is 10.5. The lowest BCUT2D eigenvalue weighted by molar-refractivity contribution is 0.303. The van der Waals surface area contributed by atoms with Gasteiger partial charge in [-0.1, -0.05) is 0 Å².